The molecule has 1 fully saturated rings. The minimum absolute atomic E-state index is 0.0256. The zero-order chi connectivity index (χ0) is 15.4. The first-order chi connectivity index (χ1) is 9.99. The van der Waals surface area contributed by atoms with Crippen molar-refractivity contribution in [1.82, 2.24) is 5.32 Å². The van der Waals surface area contributed by atoms with Gasteiger partial charge in [-0.15, -0.1) is 0 Å². The first kappa shape index (κ1) is 15.5. The lowest BCUT2D eigenvalue weighted by Crippen LogP contribution is -2.35. The Morgan fingerprint density at radius 1 is 1.29 bits per heavy atom. The molecule has 0 unspecified atom stereocenters. The number of hydrogen-bond acceptors (Lipinski definition) is 2. The third-order valence-electron chi connectivity index (χ3n) is 3.73. The van der Waals surface area contributed by atoms with E-state index in [2.05, 4.69) is 19.2 Å². The van der Waals surface area contributed by atoms with E-state index < -0.39 is 0 Å². The summed E-state index contributed by atoms with van der Waals surface area (Å²) in [4.78, 5) is 25.5. The molecule has 0 saturated heterocycles. The van der Waals surface area contributed by atoms with Crippen LogP contribution < -0.4 is 10.2 Å². The van der Waals surface area contributed by atoms with Crippen LogP contribution in [0.1, 0.15) is 51.5 Å². The smallest absolute Gasteiger partial charge is 0.223 e. The summed E-state index contributed by atoms with van der Waals surface area (Å²) in [6, 6.07) is 8.28. The number of nitrogens with zero attached hydrogens (tertiary/aromatic N) is 1. The van der Waals surface area contributed by atoms with Crippen molar-refractivity contribution in [2.45, 2.75) is 52.0 Å². The Balaban J connectivity index is 2.07. The van der Waals surface area contributed by atoms with Gasteiger partial charge in [-0.2, -0.15) is 0 Å². The monoisotopic (exact) mass is 288 g/mol. The number of hydrogen-bond donors (Lipinski definition) is 1. The number of nitrogens with one attached hydrogen (secondary N) is 1. The minimum atomic E-state index is -0.0256. The van der Waals surface area contributed by atoms with Gasteiger partial charge in [-0.3, -0.25) is 9.59 Å². The van der Waals surface area contributed by atoms with Crippen molar-refractivity contribution in [1.29, 1.82) is 0 Å². The molecule has 21 heavy (non-hydrogen) atoms. The average Bonchev–Trinajstić information content (AvgIpc) is 3.22. The molecule has 0 aromatic heterocycles. The maximum Gasteiger partial charge on any atom is 0.223 e. The standard InChI is InChI=1S/C17H24N2O2/c1-12(2)15-6-4-5-7-16(15)19(13(3)20)11-10-17(21)18-14-8-9-14/h4-7,12,14H,8-11H2,1-3H3,(H,18,21). The molecule has 0 bridgehead atoms. The molecule has 1 saturated carbocycles. The van der Waals surface area contributed by atoms with Crippen molar-refractivity contribution >= 4 is 17.5 Å². The van der Waals surface area contributed by atoms with E-state index in [0.717, 1.165) is 24.1 Å². The first-order valence-electron chi connectivity index (χ1n) is 7.65. The predicted molar refractivity (Wildman–Crippen MR) is 84.3 cm³/mol. The molecule has 4 nitrogen and oxygen atoms in total. The maximum atomic E-state index is 12.0. The molecule has 0 spiro atoms. The Bertz CT molecular complexity index is 521. The van der Waals surface area contributed by atoms with E-state index in [1.165, 1.54) is 0 Å². The largest absolute Gasteiger partial charge is 0.353 e. The third-order valence-corrected chi connectivity index (χ3v) is 3.73. The molecule has 1 aliphatic rings. The summed E-state index contributed by atoms with van der Waals surface area (Å²) in [5.74, 6) is 0.344. The van der Waals surface area contributed by atoms with E-state index in [-0.39, 0.29) is 11.8 Å². The third kappa shape index (κ3) is 4.31. The number of para-hydroxylation sites is 1. The van der Waals surface area contributed by atoms with Gasteiger partial charge in [0.25, 0.3) is 0 Å². The van der Waals surface area contributed by atoms with Crippen LogP contribution in [0.4, 0.5) is 5.69 Å². The van der Waals surface area contributed by atoms with Gasteiger partial charge in [-0.25, -0.2) is 0 Å². The fraction of sp³-hybridized carbons (Fsp3) is 0.529. The van der Waals surface area contributed by atoms with Crippen LogP contribution in [-0.2, 0) is 9.59 Å². The molecular formula is C17H24N2O2. The zero-order valence-electron chi connectivity index (χ0n) is 13.1. The first-order valence-corrected chi connectivity index (χ1v) is 7.65. The molecule has 0 radical (unpaired) electrons. The van der Waals surface area contributed by atoms with Crippen LogP contribution in [-0.4, -0.2) is 24.4 Å². The Morgan fingerprint density at radius 2 is 1.95 bits per heavy atom. The molecule has 0 heterocycles. The van der Waals surface area contributed by atoms with E-state index in [4.69, 9.17) is 0 Å². The molecule has 114 valence electrons. The molecular weight excluding hydrogens is 264 g/mol. The second-order valence-corrected chi connectivity index (χ2v) is 5.98. The van der Waals surface area contributed by atoms with Crippen LogP contribution in [0, 0.1) is 0 Å². The van der Waals surface area contributed by atoms with Crippen molar-refractivity contribution in [3.05, 3.63) is 29.8 Å². The summed E-state index contributed by atoms with van der Waals surface area (Å²) in [6.07, 6.45) is 2.51. The highest BCUT2D eigenvalue weighted by Gasteiger charge is 2.24. The number of carbonyl (C=O) groups excluding carboxylic acids is 2. The van der Waals surface area contributed by atoms with Crippen molar-refractivity contribution in [2.24, 2.45) is 0 Å². The Hall–Kier alpha value is -1.84. The number of rotatable bonds is 6. The zero-order valence-corrected chi connectivity index (χ0v) is 13.1. The normalized spacial score (nSPS) is 14.1. The highest BCUT2D eigenvalue weighted by molar-refractivity contribution is 5.93. The minimum Gasteiger partial charge on any atom is -0.353 e. The topological polar surface area (TPSA) is 49.4 Å². The van der Waals surface area contributed by atoms with Crippen molar-refractivity contribution < 1.29 is 9.59 Å². The SMILES string of the molecule is CC(=O)N(CCC(=O)NC1CC1)c1ccccc1C(C)C. The van der Waals surface area contributed by atoms with Crippen LogP contribution in [0.3, 0.4) is 0 Å². The predicted octanol–water partition coefficient (Wildman–Crippen LogP) is 2.83. The lowest BCUT2D eigenvalue weighted by atomic mass is 10.0. The van der Waals surface area contributed by atoms with Gasteiger partial charge in [0.2, 0.25) is 11.8 Å². The molecule has 1 aliphatic carbocycles. The molecule has 1 aromatic rings. The highest BCUT2D eigenvalue weighted by atomic mass is 16.2. The van der Waals surface area contributed by atoms with Crippen LogP contribution in [0.2, 0.25) is 0 Å². The van der Waals surface area contributed by atoms with Gasteiger partial charge in [-0.05, 0) is 30.4 Å². The number of benzene rings is 1. The van der Waals surface area contributed by atoms with Gasteiger partial charge >= 0.3 is 0 Å². The Kier molecular flexibility index (Phi) is 4.99. The quantitative estimate of drug-likeness (QED) is 0.875. The second-order valence-electron chi connectivity index (χ2n) is 5.98. The van der Waals surface area contributed by atoms with Crippen molar-refractivity contribution in [3.8, 4) is 0 Å². The highest BCUT2D eigenvalue weighted by Crippen LogP contribution is 2.27. The van der Waals surface area contributed by atoms with Gasteiger partial charge in [0.15, 0.2) is 0 Å². The average molecular weight is 288 g/mol. The van der Waals surface area contributed by atoms with Gasteiger partial charge in [0, 0.05) is 31.6 Å². The van der Waals surface area contributed by atoms with E-state index in [1.54, 1.807) is 11.8 Å². The fourth-order valence-electron chi connectivity index (χ4n) is 2.41. The van der Waals surface area contributed by atoms with E-state index in [0.29, 0.717) is 24.9 Å². The summed E-state index contributed by atoms with van der Waals surface area (Å²) < 4.78 is 0. The molecule has 0 atom stereocenters. The number of carbonyl (C=O) groups is 2. The van der Waals surface area contributed by atoms with Crippen LogP contribution >= 0.6 is 0 Å². The molecule has 1 N–H and O–H groups in total. The van der Waals surface area contributed by atoms with Crippen molar-refractivity contribution in [2.75, 3.05) is 11.4 Å². The van der Waals surface area contributed by atoms with E-state index in [9.17, 15) is 9.59 Å². The lowest BCUT2D eigenvalue weighted by molar-refractivity contribution is -0.121. The molecule has 1 aromatic carbocycles. The Labute approximate surface area is 126 Å². The molecule has 0 aliphatic heterocycles. The maximum absolute atomic E-state index is 12.0. The summed E-state index contributed by atoms with van der Waals surface area (Å²) in [5, 5.41) is 2.96. The Morgan fingerprint density at radius 3 is 2.52 bits per heavy atom. The van der Waals surface area contributed by atoms with Gasteiger partial charge in [-0.1, -0.05) is 32.0 Å². The fourth-order valence-corrected chi connectivity index (χ4v) is 2.41. The number of anilines is 1. The van der Waals surface area contributed by atoms with E-state index >= 15 is 0 Å². The summed E-state index contributed by atoms with van der Waals surface area (Å²) in [7, 11) is 0. The summed E-state index contributed by atoms with van der Waals surface area (Å²) in [5.41, 5.74) is 2.05. The van der Waals surface area contributed by atoms with Gasteiger partial charge in [0.05, 0.1) is 0 Å². The molecule has 2 rings (SSSR count). The summed E-state index contributed by atoms with van der Waals surface area (Å²) >= 11 is 0. The van der Waals surface area contributed by atoms with Gasteiger partial charge < -0.3 is 10.2 Å². The van der Waals surface area contributed by atoms with Crippen LogP contribution in [0.25, 0.3) is 0 Å². The van der Waals surface area contributed by atoms with Gasteiger partial charge in [0.1, 0.15) is 0 Å². The molecule has 2 amide bonds. The van der Waals surface area contributed by atoms with E-state index in [1.807, 2.05) is 24.3 Å². The van der Waals surface area contributed by atoms with Crippen molar-refractivity contribution in [3.63, 3.8) is 0 Å². The molecule has 4 heteroatoms. The second kappa shape index (κ2) is 6.74. The van der Waals surface area contributed by atoms with Crippen LogP contribution in [0.15, 0.2) is 24.3 Å². The van der Waals surface area contributed by atoms with Crippen LogP contribution in [0.5, 0.6) is 0 Å². The lowest BCUT2D eigenvalue weighted by Gasteiger charge is -2.25. The summed E-state index contributed by atoms with van der Waals surface area (Å²) in [6.45, 7) is 6.20. The number of amides is 2.